The zero-order chi connectivity index (χ0) is 34.0. The average molecular weight is 689 g/mol. The molecule has 6 rings (SSSR count). The molecule has 0 radical (unpaired) electrons. The topological polar surface area (TPSA) is 104 Å². The van der Waals surface area contributed by atoms with Crippen LogP contribution in [0.1, 0.15) is 72.1 Å². The average Bonchev–Trinajstić information content (AvgIpc) is 3.86. The molecule has 2 aromatic rings. The van der Waals surface area contributed by atoms with Crippen LogP contribution in [0.4, 0.5) is 5.69 Å². The summed E-state index contributed by atoms with van der Waals surface area (Å²) in [5.74, 6) is 0.0376. The number of hydrogen-bond acceptors (Lipinski definition) is 6. The molecular formula is C39H47ClN3O6+. The largest absolute Gasteiger partial charge is 0.478 e. The molecule has 49 heavy (non-hydrogen) atoms. The van der Waals surface area contributed by atoms with Crippen molar-refractivity contribution in [1.82, 2.24) is 9.89 Å². The van der Waals surface area contributed by atoms with Gasteiger partial charge in [-0.3, -0.25) is 4.79 Å². The number of hydrogen-bond donors (Lipinski definition) is 2. The summed E-state index contributed by atoms with van der Waals surface area (Å²) >= 11 is 5.71. The van der Waals surface area contributed by atoms with Crippen molar-refractivity contribution in [3.05, 3.63) is 71.1 Å². The van der Waals surface area contributed by atoms with Gasteiger partial charge in [-0.15, -0.1) is 11.6 Å². The van der Waals surface area contributed by atoms with Crippen LogP contribution in [0.5, 0.6) is 0 Å². The number of unbranched alkanes of at least 4 members (excludes halogenated alkanes) is 3. The number of carbonyl (C=O) groups excluding carboxylic acids is 1. The minimum Gasteiger partial charge on any atom is -0.478 e. The summed E-state index contributed by atoms with van der Waals surface area (Å²) < 4.78 is 20.2. The number of nitrogens with one attached hydrogen (secondary N) is 1. The Morgan fingerprint density at radius 3 is 2.39 bits per heavy atom. The number of rotatable bonds is 16. The smallest absolute Gasteiger partial charge is 0.336 e. The third-order valence-corrected chi connectivity index (χ3v) is 9.76. The first-order valence-corrected chi connectivity index (χ1v) is 18.3. The molecule has 0 bridgehead atoms. The molecule has 1 aliphatic carbocycles. The van der Waals surface area contributed by atoms with Crippen molar-refractivity contribution in [2.75, 3.05) is 69.9 Å². The Morgan fingerprint density at radius 1 is 0.837 bits per heavy atom. The van der Waals surface area contributed by atoms with Crippen LogP contribution in [-0.4, -0.2) is 82.0 Å². The first-order valence-electron chi connectivity index (χ1n) is 17.7. The Kier molecular flexibility index (Phi) is 12.2. The van der Waals surface area contributed by atoms with E-state index in [1.807, 2.05) is 12.1 Å². The summed E-state index contributed by atoms with van der Waals surface area (Å²) in [6.07, 6.45) is 8.91. The number of carboxylic acid groups (broad SMARTS) is 1. The molecule has 3 aliphatic heterocycles. The second-order valence-corrected chi connectivity index (χ2v) is 13.3. The maximum Gasteiger partial charge on any atom is 0.336 e. The molecule has 0 aromatic heterocycles. The van der Waals surface area contributed by atoms with Gasteiger partial charge in [0.15, 0.2) is 0 Å². The van der Waals surface area contributed by atoms with E-state index in [0.717, 1.165) is 105 Å². The van der Waals surface area contributed by atoms with E-state index < -0.39 is 5.97 Å². The molecule has 0 spiro atoms. The van der Waals surface area contributed by atoms with E-state index in [4.69, 9.17) is 25.5 Å². The van der Waals surface area contributed by atoms with Crippen molar-refractivity contribution in [1.29, 1.82) is 0 Å². The second-order valence-electron chi connectivity index (χ2n) is 12.9. The van der Waals surface area contributed by atoms with Crippen molar-refractivity contribution in [3.8, 4) is 22.5 Å². The molecule has 2 fully saturated rings. The zero-order valence-corrected chi connectivity index (χ0v) is 28.9. The lowest BCUT2D eigenvalue weighted by molar-refractivity contribution is 0.0468. The number of benzene rings is 3. The van der Waals surface area contributed by atoms with Crippen molar-refractivity contribution in [2.45, 2.75) is 51.4 Å². The van der Waals surface area contributed by atoms with Crippen molar-refractivity contribution in [2.24, 2.45) is 0 Å². The van der Waals surface area contributed by atoms with Crippen LogP contribution in [0.2, 0.25) is 0 Å². The highest BCUT2D eigenvalue weighted by Gasteiger charge is 2.25. The summed E-state index contributed by atoms with van der Waals surface area (Å²) in [7, 11) is 0. The monoisotopic (exact) mass is 688 g/mol. The van der Waals surface area contributed by atoms with E-state index in [1.54, 1.807) is 12.1 Å². The standard InChI is InChI=1S/C39H46ClN3O6/c40-15-3-1-2-8-21-47-23-24-48-22-16-41-38(44)28-9-12-31(39(45)46)34(25-28)37-32-13-10-29(42-17-4-5-18-42)26-35(32)49-36-27-30(11-14-33(36)37)43-19-6-7-20-43/h9-14,25-27H,1-8,15-24H2,(H-,41,44,45,46)/p+1. The molecule has 2 saturated heterocycles. The Morgan fingerprint density at radius 2 is 1.61 bits per heavy atom. The number of amides is 1. The van der Waals surface area contributed by atoms with Gasteiger partial charge >= 0.3 is 5.97 Å². The van der Waals surface area contributed by atoms with Crippen molar-refractivity contribution < 1.29 is 28.6 Å². The first kappa shape index (κ1) is 34.9. The number of ether oxygens (including phenoxy) is 2. The van der Waals surface area contributed by atoms with Crippen LogP contribution >= 0.6 is 11.6 Å². The molecule has 3 heterocycles. The Hall–Kier alpha value is -3.92. The number of nitrogens with zero attached hydrogens (tertiary/aromatic N) is 2. The molecule has 4 aliphatic rings. The molecule has 260 valence electrons. The fourth-order valence-electron chi connectivity index (χ4n) is 6.89. The molecule has 2 N–H and O–H groups in total. The Balaban J connectivity index is 1.24. The van der Waals surface area contributed by atoms with Crippen LogP contribution in [0.15, 0.2) is 59.0 Å². The number of fused-ring (bicyclic) bond motifs is 2. The van der Waals surface area contributed by atoms with Gasteiger partial charge in [0, 0.05) is 84.9 Å². The minimum absolute atomic E-state index is 0.125. The summed E-state index contributed by atoms with van der Waals surface area (Å²) in [5, 5.41) is 15.1. The fourth-order valence-corrected chi connectivity index (χ4v) is 7.08. The van der Waals surface area contributed by atoms with Gasteiger partial charge in [0.05, 0.1) is 31.5 Å². The maximum atomic E-state index is 13.3. The lowest BCUT2D eigenvalue weighted by Crippen LogP contribution is -2.27. The molecule has 0 saturated carbocycles. The van der Waals surface area contributed by atoms with Crippen LogP contribution in [0.3, 0.4) is 0 Å². The maximum absolute atomic E-state index is 13.3. The van der Waals surface area contributed by atoms with Gasteiger partial charge in [-0.1, -0.05) is 12.8 Å². The summed E-state index contributed by atoms with van der Waals surface area (Å²) in [6.45, 7) is 6.33. The number of alkyl halides is 1. The minimum atomic E-state index is -1.06. The van der Waals surface area contributed by atoms with E-state index >= 15 is 0 Å². The first-order chi connectivity index (χ1) is 24.0. The normalized spacial score (nSPS) is 14.7. The SMILES string of the molecule is O=C(NCCOCCOCCCCCCCl)c1ccc(C(=O)O)c(-c2c3ccc(=[N+]4CCCC4)cc-3oc3cc(N4CCCC4)ccc23)c1. The zero-order valence-electron chi connectivity index (χ0n) is 28.2. The van der Waals surface area contributed by atoms with Gasteiger partial charge in [-0.25, -0.2) is 9.37 Å². The quantitative estimate of drug-likeness (QED) is 0.0590. The van der Waals surface area contributed by atoms with Gasteiger partial charge in [0.1, 0.15) is 24.4 Å². The van der Waals surface area contributed by atoms with Crippen molar-refractivity contribution in [3.63, 3.8) is 0 Å². The number of carboxylic acids is 1. The number of halogens is 1. The molecule has 0 atom stereocenters. The van der Waals surface area contributed by atoms with E-state index in [9.17, 15) is 14.7 Å². The highest BCUT2D eigenvalue weighted by atomic mass is 35.5. The third kappa shape index (κ3) is 8.63. The molecular weight excluding hydrogens is 642 g/mol. The van der Waals surface area contributed by atoms with E-state index in [0.29, 0.717) is 61.3 Å². The van der Waals surface area contributed by atoms with Crippen LogP contribution in [0, 0.1) is 0 Å². The molecule has 10 heteroatoms. The van der Waals surface area contributed by atoms with E-state index in [2.05, 4.69) is 39.1 Å². The van der Waals surface area contributed by atoms with Crippen LogP contribution < -0.4 is 20.1 Å². The van der Waals surface area contributed by atoms with E-state index in [1.165, 1.54) is 6.07 Å². The number of carbonyl (C=O) groups is 2. The summed E-state index contributed by atoms with van der Waals surface area (Å²) in [4.78, 5) is 28.3. The number of anilines is 1. The molecule has 9 nitrogen and oxygen atoms in total. The predicted octanol–water partition coefficient (Wildman–Crippen LogP) is 6.63. The number of aromatic carboxylic acids is 1. The van der Waals surface area contributed by atoms with Crippen molar-refractivity contribution >= 4 is 40.1 Å². The molecule has 2 aromatic carbocycles. The second kappa shape index (κ2) is 17.1. The fraction of sp³-hybridized carbons (Fsp3) is 0.462. The third-order valence-electron chi connectivity index (χ3n) is 9.49. The van der Waals surface area contributed by atoms with Gasteiger partial charge in [0.2, 0.25) is 5.36 Å². The van der Waals surface area contributed by atoms with Gasteiger partial charge in [-0.2, -0.15) is 0 Å². The Labute approximate surface area is 292 Å². The lowest BCUT2D eigenvalue weighted by atomic mass is 9.89. The van der Waals surface area contributed by atoms with Gasteiger partial charge in [0.25, 0.3) is 5.91 Å². The van der Waals surface area contributed by atoms with Gasteiger partial charge in [-0.05, 0) is 67.6 Å². The summed E-state index contributed by atoms with van der Waals surface area (Å²) in [6, 6.07) is 17.1. The van der Waals surface area contributed by atoms with Crippen LogP contribution in [0.25, 0.3) is 33.4 Å². The molecule has 1 amide bonds. The highest BCUT2D eigenvalue weighted by molar-refractivity contribution is 6.17. The summed E-state index contributed by atoms with van der Waals surface area (Å²) in [5.41, 5.74) is 4.30. The highest BCUT2D eigenvalue weighted by Crippen LogP contribution is 2.42. The molecule has 0 unspecified atom stereocenters. The Bertz CT molecular complexity index is 1790. The predicted molar refractivity (Wildman–Crippen MR) is 194 cm³/mol. The van der Waals surface area contributed by atoms with Gasteiger partial charge < -0.3 is 29.2 Å². The van der Waals surface area contributed by atoms with E-state index in [-0.39, 0.29) is 11.5 Å². The van der Waals surface area contributed by atoms with Crippen LogP contribution in [-0.2, 0) is 9.47 Å². The lowest BCUT2D eigenvalue weighted by Gasteiger charge is -2.21.